The Bertz CT molecular complexity index is 431. The maximum atomic E-state index is 10.9. The minimum Gasteiger partial charge on any atom is -0.490 e. The van der Waals surface area contributed by atoms with Crippen LogP contribution in [0.5, 0.6) is 5.75 Å². The Labute approximate surface area is 108 Å². The fourth-order valence-electron chi connectivity index (χ4n) is 2.39. The van der Waals surface area contributed by atoms with E-state index in [0.29, 0.717) is 5.56 Å². The van der Waals surface area contributed by atoms with E-state index in [-0.39, 0.29) is 6.10 Å². The van der Waals surface area contributed by atoms with Crippen molar-refractivity contribution in [2.24, 2.45) is 5.92 Å². The molecule has 1 fully saturated rings. The topological polar surface area (TPSA) is 46.5 Å². The highest BCUT2D eigenvalue weighted by atomic mass is 16.5. The van der Waals surface area contributed by atoms with Gasteiger partial charge in [0.05, 0.1) is 11.7 Å². The molecule has 0 spiro atoms. The average Bonchev–Trinajstić information content (AvgIpc) is 2.34. The van der Waals surface area contributed by atoms with Gasteiger partial charge in [0.15, 0.2) is 0 Å². The molecule has 1 aliphatic rings. The van der Waals surface area contributed by atoms with Crippen molar-refractivity contribution >= 4 is 5.97 Å². The van der Waals surface area contributed by atoms with E-state index in [1.165, 1.54) is 12.8 Å². The van der Waals surface area contributed by atoms with Gasteiger partial charge in [0.25, 0.3) is 0 Å². The molecule has 98 valence electrons. The minimum atomic E-state index is -0.905. The van der Waals surface area contributed by atoms with E-state index in [0.717, 1.165) is 30.1 Å². The lowest BCUT2D eigenvalue weighted by atomic mass is 9.89. The van der Waals surface area contributed by atoms with E-state index in [4.69, 9.17) is 9.84 Å². The molecule has 0 radical (unpaired) electrons. The lowest BCUT2D eigenvalue weighted by Crippen LogP contribution is -2.23. The second-order valence-electron chi connectivity index (χ2n) is 5.29. The van der Waals surface area contributed by atoms with Crippen LogP contribution >= 0.6 is 0 Å². The summed E-state index contributed by atoms with van der Waals surface area (Å²) in [5.41, 5.74) is 1.29. The Morgan fingerprint density at radius 3 is 2.56 bits per heavy atom. The zero-order valence-corrected chi connectivity index (χ0v) is 11.0. The molecule has 1 saturated carbocycles. The third kappa shape index (κ3) is 3.03. The maximum absolute atomic E-state index is 10.9. The molecule has 0 aromatic heterocycles. The molecule has 1 aliphatic carbocycles. The number of rotatable bonds is 3. The molecular weight excluding hydrogens is 228 g/mol. The highest BCUT2D eigenvalue weighted by Crippen LogP contribution is 2.29. The summed E-state index contributed by atoms with van der Waals surface area (Å²) < 4.78 is 5.96. The zero-order chi connectivity index (χ0) is 13.1. The van der Waals surface area contributed by atoms with Crippen LogP contribution in [0, 0.1) is 12.8 Å². The number of aromatic carboxylic acids is 1. The van der Waals surface area contributed by atoms with Crippen LogP contribution in [0.3, 0.4) is 0 Å². The Kier molecular flexibility index (Phi) is 3.90. The van der Waals surface area contributed by atoms with Crippen LogP contribution < -0.4 is 4.74 Å². The predicted octanol–water partition coefficient (Wildman–Crippen LogP) is 3.65. The molecule has 18 heavy (non-hydrogen) atoms. The lowest BCUT2D eigenvalue weighted by Gasteiger charge is -2.27. The van der Waals surface area contributed by atoms with Gasteiger partial charge in [-0.15, -0.1) is 0 Å². The molecule has 3 nitrogen and oxygen atoms in total. The van der Waals surface area contributed by atoms with Gasteiger partial charge in [-0.3, -0.25) is 0 Å². The van der Waals surface area contributed by atoms with E-state index < -0.39 is 5.97 Å². The first-order valence-electron chi connectivity index (χ1n) is 6.57. The fourth-order valence-corrected chi connectivity index (χ4v) is 2.39. The van der Waals surface area contributed by atoms with Gasteiger partial charge in [-0.05, 0) is 56.2 Å². The SMILES string of the molecule is Cc1ccc(C(=O)O)cc1OC1CCC(C)CC1. The summed E-state index contributed by atoms with van der Waals surface area (Å²) in [7, 11) is 0. The summed E-state index contributed by atoms with van der Waals surface area (Å²) in [6.07, 6.45) is 4.77. The molecule has 2 rings (SSSR count). The van der Waals surface area contributed by atoms with Gasteiger partial charge in [0.2, 0.25) is 0 Å². The van der Waals surface area contributed by atoms with Crippen molar-refractivity contribution in [1.82, 2.24) is 0 Å². The maximum Gasteiger partial charge on any atom is 0.335 e. The fraction of sp³-hybridized carbons (Fsp3) is 0.533. The minimum absolute atomic E-state index is 0.240. The predicted molar refractivity (Wildman–Crippen MR) is 70.2 cm³/mol. The van der Waals surface area contributed by atoms with Gasteiger partial charge in [-0.2, -0.15) is 0 Å². The van der Waals surface area contributed by atoms with E-state index >= 15 is 0 Å². The quantitative estimate of drug-likeness (QED) is 0.888. The highest BCUT2D eigenvalue weighted by Gasteiger charge is 2.20. The van der Waals surface area contributed by atoms with Gasteiger partial charge in [0, 0.05) is 0 Å². The van der Waals surface area contributed by atoms with Crippen LogP contribution in [0.15, 0.2) is 18.2 Å². The van der Waals surface area contributed by atoms with Crippen molar-refractivity contribution in [3.8, 4) is 5.75 Å². The molecule has 0 aliphatic heterocycles. The van der Waals surface area contributed by atoms with Crippen LogP contribution in [0.25, 0.3) is 0 Å². The van der Waals surface area contributed by atoms with Crippen molar-refractivity contribution < 1.29 is 14.6 Å². The smallest absolute Gasteiger partial charge is 0.335 e. The normalized spacial score (nSPS) is 23.7. The molecule has 0 saturated heterocycles. The molecule has 1 aromatic carbocycles. The number of carbonyl (C=O) groups is 1. The van der Waals surface area contributed by atoms with E-state index in [9.17, 15) is 4.79 Å². The summed E-state index contributed by atoms with van der Waals surface area (Å²) >= 11 is 0. The van der Waals surface area contributed by atoms with Gasteiger partial charge < -0.3 is 9.84 Å². The first-order valence-corrected chi connectivity index (χ1v) is 6.57. The number of benzene rings is 1. The monoisotopic (exact) mass is 248 g/mol. The Morgan fingerprint density at radius 2 is 1.94 bits per heavy atom. The number of hydrogen-bond donors (Lipinski definition) is 1. The van der Waals surface area contributed by atoms with Crippen LogP contribution in [-0.2, 0) is 0 Å². The number of carboxylic acid groups (broad SMARTS) is 1. The van der Waals surface area contributed by atoms with E-state index in [1.807, 2.05) is 13.0 Å². The van der Waals surface area contributed by atoms with Crippen LogP contribution in [0.1, 0.15) is 48.5 Å². The number of aryl methyl sites for hydroxylation is 1. The Hall–Kier alpha value is -1.51. The van der Waals surface area contributed by atoms with Crippen LogP contribution in [0.2, 0.25) is 0 Å². The standard InChI is InChI=1S/C15H20O3/c1-10-3-7-13(8-4-10)18-14-9-12(15(16)17)6-5-11(14)2/h5-6,9-10,13H,3-4,7-8H2,1-2H3,(H,16,17). The molecule has 0 amide bonds. The second kappa shape index (κ2) is 5.42. The third-order valence-electron chi connectivity index (χ3n) is 3.69. The highest BCUT2D eigenvalue weighted by molar-refractivity contribution is 5.88. The largest absolute Gasteiger partial charge is 0.490 e. The van der Waals surface area contributed by atoms with E-state index in [2.05, 4.69) is 6.92 Å². The van der Waals surface area contributed by atoms with Crippen molar-refractivity contribution in [3.63, 3.8) is 0 Å². The number of hydrogen-bond acceptors (Lipinski definition) is 2. The molecule has 0 heterocycles. The van der Waals surface area contributed by atoms with Crippen molar-refractivity contribution in [1.29, 1.82) is 0 Å². The van der Waals surface area contributed by atoms with Gasteiger partial charge in [-0.25, -0.2) is 4.79 Å². The average molecular weight is 248 g/mol. The lowest BCUT2D eigenvalue weighted by molar-refractivity contribution is 0.0695. The Morgan fingerprint density at radius 1 is 1.28 bits per heavy atom. The summed E-state index contributed by atoms with van der Waals surface area (Å²) in [6.45, 7) is 4.22. The first-order chi connectivity index (χ1) is 8.56. The first kappa shape index (κ1) is 12.9. The van der Waals surface area contributed by atoms with Gasteiger partial charge >= 0.3 is 5.97 Å². The Balaban J connectivity index is 2.08. The molecule has 1 aromatic rings. The summed E-state index contributed by atoms with van der Waals surface area (Å²) in [5.74, 6) is 0.600. The van der Waals surface area contributed by atoms with Gasteiger partial charge in [0.1, 0.15) is 5.75 Å². The van der Waals surface area contributed by atoms with Gasteiger partial charge in [-0.1, -0.05) is 13.0 Å². The van der Waals surface area contributed by atoms with Crippen molar-refractivity contribution in [2.45, 2.75) is 45.6 Å². The number of ether oxygens (including phenoxy) is 1. The third-order valence-corrected chi connectivity index (χ3v) is 3.69. The van der Waals surface area contributed by atoms with Crippen molar-refractivity contribution in [2.75, 3.05) is 0 Å². The molecular formula is C15H20O3. The zero-order valence-electron chi connectivity index (χ0n) is 11.0. The summed E-state index contributed by atoms with van der Waals surface area (Å²) in [4.78, 5) is 10.9. The molecule has 0 bridgehead atoms. The molecule has 3 heteroatoms. The second-order valence-corrected chi connectivity index (χ2v) is 5.29. The van der Waals surface area contributed by atoms with Crippen LogP contribution in [0.4, 0.5) is 0 Å². The summed E-state index contributed by atoms with van der Waals surface area (Å²) in [5, 5.41) is 8.99. The summed E-state index contributed by atoms with van der Waals surface area (Å²) in [6, 6.07) is 5.06. The molecule has 1 N–H and O–H groups in total. The molecule has 0 atom stereocenters. The molecule has 0 unspecified atom stereocenters. The van der Waals surface area contributed by atoms with Crippen molar-refractivity contribution in [3.05, 3.63) is 29.3 Å². The number of carboxylic acids is 1. The van der Waals surface area contributed by atoms with Crippen LogP contribution in [-0.4, -0.2) is 17.2 Å². The van der Waals surface area contributed by atoms with E-state index in [1.54, 1.807) is 12.1 Å².